The van der Waals surface area contributed by atoms with Crippen molar-refractivity contribution in [2.45, 2.75) is 25.4 Å². The highest BCUT2D eigenvalue weighted by Crippen LogP contribution is 2.17. The zero-order valence-electron chi connectivity index (χ0n) is 11.7. The fourth-order valence-corrected chi connectivity index (χ4v) is 2.68. The van der Waals surface area contributed by atoms with Crippen LogP contribution in [0.3, 0.4) is 0 Å². The van der Waals surface area contributed by atoms with Crippen molar-refractivity contribution < 1.29 is 4.79 Å². The molecule has 4 nitrogen and oxygen atoms in total. The van der Waals surface area contributed by atoms with E-state index in [1.807, 2.05) is 35.2 Å². The number of amides is 1. The molecule has 2 N–H and O–H groups in total. The molecule has 1 saturated heterocycles. The molecule has 0 spiro atoms. The van der Waals surface area contributed by atoms with Gasteiger partial charge in [0.1, 0.15) is 6.04 Å². The average molecular weight is 261 g/mol. The molecule has 0 saturated carbocycles. The quantitative estimate of drug-likeness (QED) is 0.871. The number of carbonyl (C=O) groups excluding carboxylic acids is 1. The smallest absolute Gasteiger partial charge is 0.244 e. The van der Waals surface area contributed by atoms with Crippen LogP contribution in [0.25, 0.3) is 0 Å². The van der Waals surface area contributed by atoms with Crippen LogP contribution < -0.4 is 5.73 Å². The Hall–Kier alpha value is -1.39. The zero-order valence-corrected chi connectivity index (χ0v) is 11.7. The largest absolute Gasteiger partial charge is 0.337 e. The lowest BCUT2D eigenvalue weighted by atomic mass is 10.1. The van der Waals surface area contributed by atoms with Crippen LogP contribution in [0, 0.1) is 0 Å². The highest BCUT2D eigenvalue weighted by molar-refractivity contribution is 5.83. The van der Waals surface area contributed by atoms with E-state index in [4.69, 9.17) is 5.73 Å². The van der Waals surface area contributed by atoms with Crippen LogP contribution >= 0.6 is 0 Å². The maximum atomic E-state index is 12.6. The van der Waals surface area contributed by atoms with Crippen LogP contribution in [0.15, 0.2) is 30.3 Å². The second-order valence-corrected chi connectivity index (χ2v) is 5.38. The second kappa shape index (κ2) is 6.17. The third-order valence-electron chi connectivity index (χ3n) is 3.75. The van der Waals surface area contributed by atoms with Crippen LogP contribution in [0.1, 0.15) is 24.9 Å². The minimum atomic E-state index is -0.549. The van der Waals surface area contributed by atoms with Crippen molar-refractivity contribution in [1.29, 1.82) is 0 Å². The van der Waals surface area contributed by atoms with Crippen molar-refractivity contribution in [2.75, 3.05) is 26.7 Å². The number of nitrogens with zero attached hydrogens (tertiary/aromatic N) is 2. The maximum absolute atomic E-state index is 12.6. The van der Waals surface area contributed by atoms with Gasteiger partial charge in [0.05, 0.1) is 0 Å². The summed E-state index contributed by atoms with van der Waals surface area (Å²) in [5.41, 5.74) is 7.00. The zero-order chi connectivity index (χ0) is 13.8. The summed E-state index contributed by atoms with van der Waals surface area (Å²) >= 11 is 0. The lowest BCUT2D eigenvalue weighted by Gasteiger charge is -2.30. The molecule has 1 aromatic rings. The summed E-state index contributed by atoms with van der Waals surface area (Å²) in [5, 5.41) is 0. The first-order valence-electron chi connectivity index (χ1n) is 6.89. The minimum Gasteiger partial charge on any atom is -0.337 e. The predicted octanol–water partition coefficient (Wildman–Crippen LogP) is 1.24. The van der Waals surface area contributed by atoms with Crippen LogP contribution in [-0.2, 0) is 4.79 Å². The Morgan fingerprint density at radius 3 is 2.68 bits per heavy atom. The number of rotatable bonds is 2. The average Bonchev–Trinajstić information content (AvgIpc) is 2.58. The van der Waals surface area contributed by atoms with Gasteiger partial charge in [-0.1, -0.05) is 30.3 Å². The van der Waals surface area contributed by atoms with Crippen LogP contribution in [-0.4, -0.2) is 48.4 Å². The van der Waals surface area contributed by atoms with Gasteiger partial charge in [-0.2, -0.15) is 0 Å². The molecule has 2 atom stereocenters. The summed E-state index contributed by atoms with van der Waals surface area (Å²) in [4.78, 5) is 16.8. The first-order valence-corrected chi connectivity index (χ1v) is 6.89. The standard InChI is InChI=1S/C15H23N3O/c1-12-11-17(2)9-6-10-18(12)15(19)14(16)13-7-4-3-5-8-13/h3-5,7-8,12,14H,6,9-11,16H2,1-2H3. The van der Waals surface area contributed by atoms with Gasteiger partial charge < -0.3 is 15.5 Å². The summed E-state index contributed by atoms with van der Waals surface area (Å²) < 4.78 is 0. The van der Waals surface area contributed by atoms with Crippen molar-refractivity contribution in [3.05, 3.63) is 35.9 Å². The van der Waals surface area contributed by atoms with Crippen molar-refractivity contribution in [2.24, 2.45) is 5.73 Å². The molecule has 1 heterocycles. The number of carbonyl (C=O) groups is 1. The SMILES string of the molecule is CC1CN(C)CCCN1C(=O)C(N)c1ccccc1. The fourth-order valence-electron chi connectivity index (χ4n) is 2.68. The molecule has 1 aromatic carbocycles. The van der Waals surface area contributed by atoms with Crippen molar-refractivity contribution in [3.63, 3.8) is 0 Å². The molecular weight excluding hydrogens is 238 g/mol. The van der Waals surface area contributed by atoms with E-state index in [1.165, 1.54) is 0 Å². The van der Waals surface area contributed by atoms with Gasteiger partial charge in [-0.25, -0.2) is 0 Å². The fraction of sp³-hybridized carbons (Fsp3) is 0.533. The summed E-state index contributed by atoms with van der Waals surface area (Å²) in [6.45, 7) is 4.84. The highest BCUT2D eigenvalue weighted by atomic mass is 16.2. The van der Waals surface area contributed by atoms with E-state index >= 15 is 0 Å². The number of nitrogens with two attached hydrogens (primary N) is 1. The normalized spacial score (nSPS) is 22.9. The molecule has 1 aliphatic rings. The van der Waals surface area contributed by atoms with Gasteiger partial charge in [-0.3, -0.25) is 4.79 Å². The molecule has 19 heavy (non-hydrogen) atoms. The van der Waals surface area contributed by atoms with E-state index in [2.05, 4.69) is 18.9 Å². The molecule has 1 fully saturated rings. The van der Waals surface area contributed by atoms with E-state index in [9.17, 15) is 4.79 Å². The van der Waals surface area contributed by atoms with Gasteiger partial charge in [0.15, 0.2) is 0 Å². The molecule has 4 heteroatoms. The van der Waals surface area contributed by atoms with E-state index in [-0.39, 0.29) is 11.9 Å². The molecule has 104 valence electrons. The minimum absolute atomic E-state index is 0.0361. The van der Waals surface area contributed by atoms with Crippen LogP contribution in [0.4, 0.5) is 0 Å². The Bertz CT molecular complexity index is 421. The monoisotopic (exact) mass is 261 g/mol. The third-order valence-corrected chi connectivity index (χ3v) is 3.75. The molecule has 0 aromatic heterocycles. The maximum Gasteiger partial charge on any atom is 0.244 e. The molecule has 1 aliphatic heterocycles. The Morgan fingerprint density at radius 1 is 1.32 bits per heavy atom. The topological polar surface area (TPSA) is 49.6 Å². The van der Waals surface area contributed by atoms with Gasteiger partial charge in [-0.05, 0) is 32.5 Å². The lowest BCUT2D eigenvalue weighted by molar-refractivity contribution is -0.134. The summed E-state index contributed by atoms with van der Waals surface area (Å²) in [5.74, 6) is 0.0361. The van der Waals surface area contributed by atoms with Gasteiger partial charge >= 0.3 is 0 Å². The molecule has 0 radical (unpaired) electrons. The summed E-state index contributed by atoms with van der Waals surface area (Å²) in [6, 6.07) is 9.27. The Labute approximate surface area is 115 Å². The first kappa shape index (κ1) is 14.0. The van der Waals surface area contributed by atoms with Crippen LogP contribution in [0.5, 0.6) is 0 Å². The first-order chi connectivity index (χ1) is 9.09. The third kappa shape index (κ3) is 3.33. The summed E-state index contributed by atoms with van der Waals surface area (Å²) in [6.07, 6.45) is 1.01. The molecule has 2 rings (SSSR count). The van der Waals surface area contributed by atoms with Gasteiger partial charge in [0, 0.05) is 19.1 Å². The van der Waals surface area contributed by atoms with Gasteiger partial charge in [0.25, 0.3) is 0 Å². The van der Waals surface area contributed by atoms with Gasteiger partial charge in [0.2, 0.25) is 5.91 Å². The lowest BCUT2D eigenvalue weighted by Crippen LogP contribution is -2.46. The van der Waals surface area contributed by atoms with Crippen LogP contribution in [0.2, 0.25) is 0 Å². The van der Waals surface area contributed by atoms with E-state index in [1.54, 1.807) is 0 Å². The Balaban J connectivity index is 2.10. The Morgan fingerprint density at radius 2 is 2.00 bits per heavy atom. The second-order valence-electron chi connectivity index (χ2n) is 5.38. The molecule has 0 aliphatic carbocycles. The molecule has 0 bridgehead atoms. The summed E-state index contributed by atoms with van der Waals surface area (Å²) in [7, 11) is 2.10. The molecule has 1 amide bonds. The van der Waals surface area contributed by atoms with Crippen molar-refractivity contribution in [1.82, 2.24) is 9.80 Å². The van der Waals surface area contributed by atoms with Crippen molar-refractivity contribution in [3.8, 4) is 0 Å². The van der Waals surface area contributed by atoms with Gasteiger partial charge in [-0.15, -0.1) is 0 Å². The highest BCUT2D eigenvalue weighted by Gasteiger charge is 2.28. The Kier molecular flexibility index (Phi) is 4.56. The number of benzene rings is 1. The number of likely N-dealkylation sites (N-methyl/N-ethyl adjacent to an activating group) is 1. The van der Waals surface area contributed by atoms with E-state index < -0.39 is 6.04 Å². The van der Waals surface area contributed by atoms with E-state index in [0.717, 1.165) is 31.6 Å². The predicted molar refractivity (Wildman–Crippen MR) is 76.7 cm³/mol. The van der Waals surface area contributed by atoms with E-state index in [0.29, 0.717) is 0 Å². The molecular formula is C15H23N3O. The molecule has 2 unspecified atom stereocenters. The number of hydrogen-bond donors (Lipinski definition) is 1. The van der Waals surface area contributed by atoms with Crippen molar-refractivity contribution >= 4 is 5.91 Å². The number of hydrogen-bond acceptors (Lipinski definition) is 3.